The SMILES string of the molecule is CC(C)N(CCCO)CCCC(=O)Nc1ccc(N)cc1. The van der Waals surface area contributed by atoms with Crippen molar-refractivity contribution in [1.82, 2.24) is 4.90 Å². The second-order valence-corrected chi connectivity index (χ2v) is 5.48. The molecule has 0 aliphatic rings. The molecular formula is C16H27N3O2. The molecule has 0 saturated carbocycles. The minimum absolute atomic E-state index is 0.0191. The zero-order valence-electron chi connectivity index (χ0n) is 13.0. The highest BCUT2D eigenvalue weighted by molar-refractivity contribution is 5.90. The molecule has 1 amide bonds. The molecule has 0 radical (unpaired) electrons. The molecule has 1 aromatic carbocycles. The summed E-state index contributed by atoms with van der Waals surface area (Å²) in [7, 11) is 0. The van der Waals surface area contributed by atoms with Crippen LogP contribution in [0.3, 0.4) is 0 Å². The highest BCUT2D eigenvalue weighted by atomic mass is 16.3. The molecule has 5 nitrogen and oxygen atoms in total. The van der Waals surface area contributed by atoms with Gasteiger partial charge >= 0.3 is 0 Å². The Kier molecular flexibility index (Phi) is 7.79. The number of hydrogen-bond acceptors (Lipinski definition) is 4. The van der Waals surface area contributed by atoms with E-state index < -0.39 is 0 Å². The summed E-state index contributed by atoms with van der Waals surface area (Å²) in [5.41, 5.74) is 7.06. The highest BCUT2D eigenvalue weighted by Crippen LogP contribution is 2.11. The summed E-state index contributed by atoms with van der Waals surface area (Å²) in [6, 6.07) is 7.57. The first kappa shape index (κ1) is 17.5. The lowest BCUT2D eigenvalue weighted by molar-refractivity contribution is -0.116. The second kappa shape index (κ2) is 9.37. The van der Waals surface area contributed by atoms with E-state index in [1.165, 1.54) is 0 Å². The van der Waals surface area contributed by atoms with E-state index in [1.54, 1.807) is 24.3 Å². The van der Waals surface area contributed by atoms with Gasteiger partial charge in [-0.05, 0) is 57.5 Å². The number of aliphatic hydroxyl groups excluding tert-OH is 1. The number of rotatable bonds is 9. The van der Waals surface area contributed by atoms with E-state index >= 15 is 0 Å². The number of nitrogen functional groups attached to an aromatic ring is 1. The lowest BCUT2D eigenvalue weighted by Gasteiger charge is -2.26. The molecule has 0 spiro atoms. The van der Waals surface area contributed by atoms with Crippen LogP contribution in [-0.2, 0) is 4.79 Å². The molecule has 0 aliphatic carbocycles. The molecule has 4 N–H and O–H groups in total. The summed E-state index contributed by atoms with van der Waals surface area (Å²) in [4.78, 5) is 14.1. The van der Waals surface area contributed by atoms with Crippen molar-refractivity contribution in [3.63, 3.8) is 0 Å². The van der Waals surface area contributed by atoms with Gasteiger partial charge in [0.15, 0.2) is 0 Å². The summed E-state index contributed by atoms with van der Waals surface area (Å²) in [5, 5.41) is 11.8. The molecule has 0 aliphatic heterocycles. The lowest BCUT2D eigenvalue weighted by atomic mass is 10.2. The standard InChI is InChI=1S/C16H27N3O2/c1-13(2)19(11-4-12-20)10-3-5-16(21)18-15-8-6-14(17)7-9-15/h6-9,13,20H,3-5,10-12,17H2,1-2H3,(H,18,21). The van der Waals surface area contributed by atoms with Gasteiger partial charge in [0.2, 0.25) is 5.91 Å². The first-order valence-electron chi connectivity index (χ1n) is 7.53. The van der Waals surface area contributed by atoms with Gasteiger partial charge in [-0.15, -0.1) is 0 Å². The molecule has 0 bridgehead atoms. The van der Waals surface area contributed by atoms with Crippen LogP contribution in [0.2, 0.25) is 0 Å². The zero-order chi connectivity index (χ0) is 15.7. The van der Waals surface area contributed by atoms with E-state index in [1.807, 2.05) is 0 Å². The molecule has 1 rings (SSSR count). The number of amides is 1. The van der Waals surface area contributed by atoms with Crippen LogP contribution in [0.15, 0.2) is 24.3 Å². The Balaban J connectivity index is 2.30. The molecule has 0 heterocycles. The molecule has 118 valence electrons. The molecule has 0 fully saturated rings. The zero-order valence-corrected chi connectivity index (χ0v) is 13.0. The van der Waals surface area contributed by atoms with Crippen LogP contribution in [-0.4, -0.2) is 41.7 Å². The average molecular weight is 293 g/mol. The predicted octanol–water partition coefficient (Wildman–Crippen LogP) is 2.08. The van der Waals surface area contributed by atoms with Crippen LogP contribution in [0.1, 0.15) is 33.1 Å². The maximum absolute atomic E-state index is 11.9. The fraction of sp³-hybridized carbons (Fsp3) is 0.562. The minimum atomic E-state index is 0.0191. The summed E-state index contributed by atoms with van der Waals surface area (Å²) in [6.45, 7) is 6.21. The first-order valence-corrected chi connectivity index (χ1v) is 7.53. The minimum Gasteiger partial charge on any atom is -0.399 e. The summed E-state index contributed by atoms with van der Waals surface area (Å²) in [5.74, 6) is 0.0191. The van der Waals surface area contributed by atoms with Crippen LogP contribution in [0.5, 0.6) is 0 Å². The topological polar surface area (TPSA) is 78.6 Å². The van der Waals surface area contributed by atoms with E-state index in [-0.39, 0.29) is 12.5 Å². The lowest BCUT2D eigenvalue weighted by Crippen LogP contribution is -2.33. The van der Waals surface area contributed by atoms with Crippen LogP contribution in [0, 0.1) is 0 Å². The fourth-order valence-corrected chi connectivity index (χ4v) is 2.13. The van der Waals surface area contributed by atoms with Gasteiger partial charge in [-0.25, -0.2) is 0 Å². The molecule has 21 heavy (non-hydrogen) atoms. The first-order chi connectivity index (χ1) is 10.0. The van der Waals surface area contributed by atoms with Crippen molar-refractivity contribution in [3.05, 3.63) is 24.3 Å². The van der Waals surface area contributed by atoms with Gasteiger partial charge in [-0.1, -0.05) is 0 Å². The number of hydrogen-bond donors (Lipinski definition) is 3. The van der Waals surface area contributed by atoms with E-state index in [4.69, 9.17) is 10.8 Å². The number of nitrogens with two attached hydrogens (primary N) is 1. The Morgan fingerprint density at radius 2 is 1.86 bits per heavy atom. The van der Waals surface area contributed by atoms with E-state index in [9.17, 15) is 4.79 Å². The van der Waals surface area contributed by atoms with Gasteiger partial charge in [0.05, 0.1) is 0 Å². The van der Waals surface area contributed by atoms with Crippen LogP contribution in [0.4, 0.5) is 11.4 Å². The van der Waals surface area contributed by atoms with Crippen molar-refractivity contribution in [2.45, 2.75) is 39.2 Å². The number of aliphatic hydroxyl groups is 1. The van der Waals surface area contributed by atoms with Gasteiger partial charge < -0.3 is 21.1 Å². The maximum atomic E-state index is 11.9. The van der Waals surface area contributed by atoms with E-state index in [0.717, 1.165) is 31.6 Å². The summed E-state index contributed by atoms with van der Waals surface area (Å²) < 4.78 is 0. The van der Waals surface area contributed by atoms with Crippen molar-refractivity contribution >= 4 is 17.3 Å². The number of nitrogens with zero attached hydrogens (tertiary/aromatic N) is 1. The van der Waals surface area contributed by atoms with Crippen molar-refractivity contribution in [1.29, 1.82) is 0 Å². The number of anilines is 2. The van der Waals surface area contributed by atoms with Gasteiger partial charge in [0, 0.05) is 37.0 Å². The maximum Gasteiger partial charge on any atom is 0.224 e. The third kappa shape index (κ3) is 7.11. The van der Waals surface area contributed by atoms with Crippen LogP contribution < -0.4 is 11.1 Å². The Morgan fingerprint density at radius 1 is 1.24 bits per heavy atom. The Hall–Kier alpha value is -1.59. The molecule has 0 unspecified atom stereocenters. The quantitative estimate of drug-likeness (QED) is 0.609. The molecule has 0 aromatic heterocycles. The summed E-state index contributed by atoms with van der Waals surface area (Å²) in [6.07, 6.45) is 2.08. The number of benzene rings is 1. The second-order valence-electron chi connectivity index (χ2n) is 5.48. The van der Waals surface area contributed by atoms with Crippen LogP contribution >= 0.6 is 0 Å². The molecule has 0 saturated heterocycles. The van der Waals surface area contributed by atoms with Gasteiger partial charge in [0.1, 0.15) is 0 Å². The van der Waals surface area contributed by atoms with Crippen molar-refractivity contribution in [2.75, 3.05) is 30.7 Å². The molecular weight excluding hydrogens is 266 g/mol. The Labute approximate surface area is 127 Å². The third-order valence-electron chi connectivity index (χ3n) is 3.38. The fourth-order valence-electron chi connectivity index (χ4n) is 2.13. The van der Waals surface area contributed by atoms with Crippen LogP contribution in [0.25, 0.3) is 0 Å². The Bertz CT molecular complexity index is 418. The normalized spacial score (nSPS) is 11.1. The van der Waals surface area contributed by atoms with Gasteiger partial charge in [-0.2, -0.15) is 0 Å². The van der Waals surface area contributed by atoms with Gasteiger partial charge in [-0.3, -0.25) is 4.79 Å². The highest BCUT2D eigenvalue weighted by Gasteiger charge is 2.10. The molecule has 5 heteroatoms. The van der Waals surface area contributed by atoms with E-state index in [2.05, 4.69) is 24.1 Å². The number of carbonyl (C=O) groups is 1. The monoisotopic (exact) mass is 293 g/mol. The molecule has 1 aromatic rings. The molecule has 0 atom stereocenters. The number of carbonyl (C=O) groups excluding carboxylic acids is 1. The van der Waals surface area contributed by atoms with E-state index in [0.29, 0.717) is 18.2 Å². The largest absolute Gasteiger partial charge is 0.399 e. The Morgan fingerprint density at radius 3 is 2.43 bits per heavy atom. The smallest absolute Gasteiger partial charge is 0.224 e. The third-order valence-corrected chi connectivity index (χ3v) is 3.38. The van der Waals surface area contributed by atoms with Crippen molar-refractivity contribution < 1.29 is 9.90 Å². The average Bonchev–Trinajstić information content (AvgIpc) is 2.44. The van der Waals surface area contributed by atoms with Crippen molar-refractivity contribution in [2.24, 2.45) is 0 Å². The van der Waals surface area contributed by atoms with Gasteiger partial charge in [0.25, 0.3) is 0 Å². The summed E-state index contributed by atoms with van der Waals surface area (Å²) >= 11 is 0. The number of nitrogens with one attached hydrogen (secondary N) is 1. The predicted molar refractivity (Wildman–Crippen MR) is 87.1 cm³/mol. The van der Waals surface area contributed by atoms with Crippen molar-refractivity contribution in [3.8, 4) is 0 Å².